The minimum absolute atomic E-state index is 0.0361. The van der Waals surface area contributed by atoms with Gasteiger partial charge in [0.05, 0.1) is 11.4 Å². The number of benzene rings is 2. The molecule has 2 rings (SSSR count). The second kappa shape index (κ2) is 5.94. The number of phenolic OH excluding ortho intramolecular Hbond substituents is 1. The Bertz CT molecular complexity index is 738. The van der Waals surface area contributed by atoms with E-state index < -0.39 is 15.8 Å². The fraction of sp³-hybridized carbons (Fsp3) is 0.0714. The molecule has 0 aliphatic heterocycles. The number of carbonyl (C=O) groups excluding carboxylic acids is 1. The van der Waals surface area contributed by atoms with Crippen molar-refractivity contribution in [3.05, 3.63) is 54.1 Å². The topological polar surface area (TPSA) is 109 Å². The van der Waals surface area contributed by atoms with E-state index in [1.54, 1.807) is 0 Å². The monoisotopic (exact) mass is 306 g/mol. The number of hydrogen-bond donors (Lipinski definition) is 3. The summed E-state index contributed by atoms with van der Waals surface area (Å²) >= 11 is 0. The number of nitrogen functional groups attached to an aromatic ring is 1. The van der Waals surface area contributed by atoms with E-state index in [2.05, 4.69) is 4.72 Å². The van der Waals surface area contributed by atoms with Gasteiger partial charge in [-0.2, -0.15) is 0 Å². The molecule has 0 saturated carbocycles. The molecule has 0 aliphatic rings. The van der Waals surface area contributed by atoms with Crippen molar-refractivity contribution < 1.29 is 18.3 Å². The minimum Gasteiger partial charge on any atom is -0.508 e. The van der Waals surface area contributed by atoms with Gasteiger partial charge in [-0.1, -0.05) is 0 Å². The minimum atomic E-state index is -3.76. The van der Waals surface area contributed by atoms with Crippen LogP contribution in [0, 0.1) is 0 Å². The smallest absolute Gasteiger partial charge is 0.240 e. The molecule has 0 spiro atoms. The molecule has 0 amide bonds. The highest BCUT2D eigenvalue weighted by atomic mass is 32.2. The number of Topliss-reactive ketones (excluding diaryl/α,β-unsaturated/α-hetero) is 1. The molecular weight excluding hydrogens is 292 g/mol. The molecular formula is C14H14N2O4S. The summed E-state index contributed by atoms with van der Waals surface area (Å²) in [6, 6.07) is 11.2. The van der Waals surface area contributed by atoms with Crippen molar-refractivity contribution in [1.29, 1.82) is 0 Å². The molecule has 21 heavy (non-hydrogen) atoms. The summed E-state index contributed by atoms with van der Waals surface area (Å²) in [6.07, 6.45) is 0. The van der Waals surface area contributed by atoms with E-state index in [0.717, 1.165) is 0 Å². The van der Waals surface area contributed by atoms with Crippen LogP contribution in [-0.4, -0.2) is 25.9 Å². The van der Waals surface area contributed by atoms with Crippen LogP contribution in [0.2, 0.25) is 0 Å². The summed E-state index contributed by atoms with van der Waals surface area (Å²) in [5.74, 6) is -0.358. The molecule has 0 aliphatic carbocycles. The third-order valence-corrected chi connectivity index (χ3v) is 4.22. The highest BCUT2D eigenvalue weighted by molar-refractivity contribution is 7.89. The first-order valence-electron chi connectivity index (χ1n) is 6.06. The first-order chi connectivity index (χ1) is 9.88. The Morgan fingerprint density at radius 2 is 1.62 bits per heavy atom. The van der Waals surface area contributed by atoms with Gasteiger partial charge in [-0.15, -0.1) is 0 Å². The van der Waals surface area contributed by atoms with Gasteiger partial charge in [0.1, 0.15) is 5.75 Å². The van der Waals surface area contributed by atoms with Crippen molar-refractivity contribution in [3.8, 4) is 5.75 Å². The van der Waals surface area contributed by atoms with Crippen molar-refractivity contribution in [2.24, 2.45) is 0 Å². The molecule has 0 saturated heterocycles. The lowest BCUT2D eigenvalue weighted by Crippen LogP contribution is -2.29. The lowest BCUT2D eigenvalue weighted by atomic mass is 10.1. The summed E-state index contributed by atoms with van der Waals surface area (Å²) < 4.78 is 26.2. The molecule has 0 bridgehead atoms. The van der Waals surface area contributed by atoms with E-state index in [1.165, 1.54) is 48.5 Å². The van der Waals surface area contributed by atoms with Crippen LogP contribution in [0.25, 0.3) is 0 Å². The molecule has 0 heterocycles. The van der Waals surface area contributed by atoms with Gasteiger partial charge in [0.25, 0.3) is 0 Å². The number of hydrogen-bond acceptors (Lipinski definition) is 5. The van der Waals surface area contributed by atoms with Gasteiger partial charge in [0.15, 0.2) is 5.78 Å². The third kappa shape index (κ3) is 3.80. The first-order valence-corrected chi connectivity index (χ1v) is 7.54. The number of anilines is 1. The first kappa shape index (κ1) is 15.0. The van der Waals surface area contributed by atoms with Crippen LogP contribution in [0.5, 0.6) is 5.75 Å². The maximum atomic E-state index is 12.0. The summed E-state index contributed by atoms with van der Waals surface area (Å²) in [4.78, 5) is 11.9. The number of aromatic hydroxyl groups is 1. The van der Waals surface area contributed by atoms with Gasteiger partial charge in [0, 0.05) is 11.3 Å². The summed E-state index contributed by atoms with van der Waals surface area (Å²) in [6.45, 7) is -0.364. The number of carbonyl (C=O) groups is 1. The molecule has 6 nitrogen and oxygen atoms in total. The van der Waals surface area contributed by atoms with Gasteiger partial charge in [-0.3, -0.25) is 4.79 Å². The highest BCUT2D eigenvalue weighted by Crippen LogP contribution is 2.12. The fourth-order valence-corrected chi connectivity index (χ4v) is 2.62. The molecule has 0 unspecified atom stereocenters. The van der Waals surface area contributed by atoms with Gasteiger partial charge in [-0.05, 0) is 48.5 Å². The number of nitrogens with two attached hydrogens (primary N) is 1. The molecule has 0 aromatic heterocycles. The average Bonchev–Trinajstić information content (AvgIpc) is 2.46. The van der Waals surface area contributed by atoms with E-state index >= 15 is 0 Å². The Balaban J connectivity index is 2.06. The van der Waals surface area contributed by atoms with Crippen LogP contribution in [0.4, 0.5) is 5.69 Å². The summed E-state index contributed by atoms with van der Waals surface area (Å²) in [5, 5.41) is 9.14. The SMILES string of the molecule is Nc1ccc(S(=O)(=O)NCC(=O)c2ccc(O)cc2)cc1. The Morgan fingerprint density at radius 3 is 2.19 bits per heavy atom. The Morgan fingerprint density at radius 1 is 1.05 bits per heavy atom. The zero-order valence-corrected chi connectivity index (χ0v) is 11.8. The van der Waals surface area contributed by atoms with Crippen molar-refractivity contribution in [2.45, 2.75) is 4.90 Å². The van der Waals surface area contributed by atoms with Crippen LogP contribution < -0.4 is 10.5 Å². The largest absolute Gasteiger partial charge is 0.508 e. The van der Waals surface area contributed by atoms with Crippen LogP contribution in [0.15, 0.2) is 53.4 Å². The van der Waals surface area contributed by atoms with Gasteiger partial charge >= 0.3 is 0 Å². The normalized spacial score (nSPS) is 11.2. The molecule has 0 radical (unpaired) electrons. The van der Waals surface area contributed by atoms with Gasteiger partial charge in [-0.25, -0.2) is 13.1 Å². The van der Waals surface area contributed by atoms with Crippen LogP contribution in [0.3, 0.4) is 0 Å². The maximum Gasteiger partial charge on any atom is 0.240 e. The van der Waals surface area contributed by atoms with Crippen molar-refractivity contribution in [1.82, 2.24) is 4.72 Å². The lowest BCUT2D eigenvalue weighted by Gasteiger charge is -2.06. The van der Waals surface area contributed by atoms with Crippen molar-refractivity contribution in [3.63, 3.8) is 0 Å². The molecule has 4 N–H and O–H groups in total. The third-order valence-electron chi connectivity index (χ3n) is 2.80. The molecule has 2 aromatic rings. The predicted molar refractivity (Wildman–Crippen MR) is 78.5 cm³/mol. The zero-order valence-electron chi connectivity index (χ0n) is 11.0. The maximum absolute atomic E-state index is 12.0. The second-order valence-corrected chi connectivity index (χ2v) is 6.13. The molecule has 0 atom stereocenters. The molecule has 0 fully saturated rings. The van der Waals surface area contributed by atoms with E-state index in [0.29, 0.717) is 11.3 Å². The Kier molecular flexibility index (Phi) is 4.25. The average molecular weight is 306 g/mol. The number of sulfonamides is 1. The van der Waals surface area contributed by atoms with Crippen molar-refractivity contribution in [2.75, 3.05) is 12.3 Å². The van der Waals surface area contributed by atoms with Crippen LogP contribution in [0.1, 0.15) is 10.4 Å². The van der Waals surface area contributed by atoms with Gasteiger partial charge < -0.3 is 10.8 Å². The Labute approximate surface area is 122 Å². The number of ketones is 1. The van der Waals surface area contributed by atoms with Crippen LogP contribution >= 0.6 is 0 Å². The van der Waals surface area contributed by atoms with E-state index in [1.807, 2.05) is 0 Å². The second-order valence-electron chi connectivity index (χ2n) is 4.36. The molecule has 7 heteroatoms. The highest BCUT2D eigenvalue weighted by Gasteiger charge is 2.16. The van der Waals surface area contributed by atoms with Crippen LogP contribution in [-0.2, 0) is 10.0 Å². The van der Waals surface area contributed by atoms with E-state index in [4.69, 9.17) is 10.8 Å². The fourth-order valence-electron chi connectivity index (χ4n) is 1.64. The number of phenols is 1. The van der Waals surface area contributed by atoms with Gasteiger partial charge in [0.2, 0.25) is 10.0 Å². The quantitative estimate of drug-likeness (QED) is 0.567. The molecule has 110 valence electrons. The number of rotatable bonds is 5. The molecule has 2 aromatic carbocycles. The standard InChI is InChI=1S/C14H14N2O4S/c15-11-3-7-13(8-4-11)21(19,20)16-9-14(18)10-1-5-12(17)6-2-10/h1-8,16-17H,9,15H2. The van der Waals surface area contributed by atoms with E-state index in [-0.39, 0.29) is 17.2 Å². The number of nitrogens with one attached hydrogen (secondary N) is 1. The van der Waals surface area contributed by atoms with Crippen molar-refractivity contribution >= 4 is 21.5 Å². The predicted octanol–water partition coefficient (Wildman–Crippen LogP) is 1.14. The summed E-state index contributed by atoms with van der Waals surface area (Å²) in [7, 11) is -3.76. The van der Waals surface area contributed by atoms with E-state index in [9.17, 15) is 13.2 Å². The summed E-state index contributed by atoms with van der Waals surface area (Å²) in [5.41, 5.74) is 6.26. The zero-order chi connectivity index (χ0) is 15.5. The Hall–Kier alpha value is -2.38. The lowest BCUT2D eigenvalue weighted by molar-refractivity contribution is 0.0997.